The molecule has 2 heterocycles. The minimum atomic E-state index is -1.80. The number of rotatable bonds is 10. The number of nitrogens with zero attached hydrogens (tertiary/aromatic N) is 3. The second-order valence-corrected chi connectivity index (χ2v) is 11.1. The van der Waals surface area contributed by atoms with Crippen LogP contribution in [0.25, 0.3) is 17.0 Å². The molecule has 0 aliphatic heterocycles. The van der Waals surface area contributed by atoms with Crippen LogP contribution in [0.5, 0.6) is 5.75 Å². The van der Waals surface area contributed by atoms with Crippen LogP contribution < -0.4 is 14.2 Å². The van der Waals surface area contributed by atoms with E-state index in [2.05, 4.69) is 80.8 Å². The maximum Gasteiger partial charge on any atom is 0.316 e. The largest absolute Gasteiger partial charge is 0.388 e. The molecule has 0 aliphatic carbocycles. The van der Waals surface area contributed by atoms with Gasteiger partial charge >= 0.3 is 11.3 Å². The van der Waals surface area contributed by atoms with Crippen LogP contribution in [-0.2, 0) is 11.3 Å². The van der Waals surface area contributed by atoms with E-state index in [-0.39, 0.29) is 11.8 Å². The third-order valence-electron chi connectivity index (χ3n) is 6.67. The summed E-state index contributed by atoms with van der Waals surface area (Å²) in [5.41, 5.74) is 7.44. The van der Waals surface area contributed by atoms with Crippen LogP contribution in [0.15, 0.2) is 36.4 Å². The molecular formula is C28H38N6O2S. The van der Waals surface area contributed by atoms with Gasteiger partial charge in [-0.2, -0.15) is 8.84 Å². The molecule has 0 amide bonds. The topological polar surface area (TPSA) is 96.3 Å². The molecule has 0 saturated carbocycles. The number of aromatic amines is 1. The molecule has 2 aromatic heterocycles. The second kappa shape index (κ2) is 11.0. The second-order valence-electron chi connectivity index (χ2n) is 10.3. The summed E-state index contributed by atoms with van der Waals surface area (Å²) < 4.78 is 24.0. The molecule has 2 unspecified atom stereocenters. The number of hydrogen-bond acceptors (Lipinski definition) is 5. The Balaban J connectivity index is 1.62. The van der Waals surface area contributed by atoms with Gasteiger partial charge in [-0.25, -0.2) is 4.98 Å². The van der Waals surface area contributed by atoms with Crippen LogP contribution in [0.4, 0.5) is 11.4 Å². The Kier molecular flexibility index (Phi) is 7.92. The summed E-state index contributed by atoms with van der Waals surface area (Å²) in [5, 5.41) is 11.1. The lowest BCUT2D eigenvalue weighted by Gasteiger charge is -2.20. The van der Waals surface area contributed by atoms with Gasteiger partial charge in [0.1, 0.15) is 5.75 Å². The third-order valence-corrected chi connectivity index (χ3v) is 7.39. The number of nitrogens with one attached hydrogen (secondary N) is 3. The van der Waals surface area contributed by atoms with E-state index in [1.54, 1.807) is 4.63 Å². The lowest BCUT2D eigenvalue weighted by molar-refractivity contribution is 0.547. The molecule has 198 valence electrons. The van der Waals surface area contributed by atoms with Crippen LogP contribution in [0.3, 0.4) is 0 Å². The fourth-order valence-electron chi connectivity index (χ4n) is 4.32. The van der Waals surface area contributed by atoms with Crippen LogP contribution >= 0.6 is 0 Å². The average Bonchev–Trinajstić information content (AvgIpc) is 3.43. The van der Waals surface area contributed by atoms with Gasteiger partial charge in [0.2, 0.25) is 0 Å². The van der Waals surface area contributed by atoms with E-state index in [9.17, 15) is 4.21 Å². The minimum absolute atomic E-state index is 0.237. The van der Waals surface area contributed by atoms with Crippen molar-refractivity contribution in [2.24, 2.45) is 0 Å². The van der Waals surface area contributed by atoms with Crippen LogP contribution in [0.1, 0.15) is 88.1 Å². The fourth-order valence-corrected chi connectivity index (χ4v) is 5.02. The van der Waals surface area contributed by atoms with Gasteiger partial charge in [-0.05, 0) is 60.4 Å². The highest BCUT2D eigenvalue weighted by Gasteiger charge is 2.20. The van der Waals surface area contributed by atoms with Gasteiger partial charge in [0.05, 0.1) is 5.69 Å². The highest BCUT2D eigenvalue weighted by molar-refractivity contribution is 7.82. The van der Waals surface area contributed by atoms with Crippen molar-refractivity contribution in [2.45, 2.75) is 72.6 Å². The summed E-state index contributed by atoms with van der Waals surface area (Å²) in [6.45, 7) is 14.9. The Labute approximate surface area is 222 Å². The Bertz CT molecular complexity index is 1360. The van der Waals surface area contributed by atoms with E-state index in [1.165, 1.54) is 5.56 Å². The molecule has 0 fully saturated rings. The lowest BCUT2D eigenvalue weighted by Crippen LogP contribution is -2.14. The smallest absolute Gasteiger partial charge is 0.316 e. The first-order valence-corrected chi connectivity index (χ1v) is 14.0. The highest BCUT2D eigenvalue weighted by atomic mass is 32.2. The predicted molar refractivity (Wildman–Crippen MR) is 153 cm³/mol. The molecule has 3 N–H and O–H groups in total. The van der Waals surface area contributed by atoms with Gasteiger partial charge in [0, 0.05) is 30.1 Å². The summed E-state index contributed by atoms with van der Waals surface area (Å²) in [6.07, 6.45) is 1.04. The number of H-pyrrole nitrogens is 1. The van der Waals surface area contributed by atoms with E-state index >= 15 is 0 Å². The van der Waals surface area contributed by atoms with Crippen molar-refractivity contribution >= 4 is 28.3 Å². The monoisotopic (exact) mass is 522 g/mol. The SMILES string of the molecule is CCC(C)c1cc2nc(-c3cc(NC)cc(NS(=O)Oc4c(C(C)C)cc(C)cc4C(C)C)c3)nn2[nH]1. The number of aromatic nitrogens is 4. The van der Waals surface area contributed by atoms with Crippen molar-refractivity contribution in [3.63, 3.8) is 0 Å². The summed E-state index contributed by atoms with van der Waals surface area (Å²) in [4.78, 5) is 4.71. The number of hydrogen-bond donors (Lipinski definition) is 3. The number of benzene rings is 2. The maximum atomic E-state index is 13.2. The van der Waals surface area contributed by atoms with E-state index < -0.39 is 11.3 Å². The molecule has 4 aromatic rings. The zero-order valence-electron chi connectivity index (χ0n) is 23.0. The quantitative estimate of drug-likeness (QED) is 0.210. The van der Waals surface area contributed by atoms with E-state index in [1.807, 2.05) is 31.3 Å². The molecule has 2 atom stereocenters. The summed E-state index contributed by atoms with van der Waals surface area (Å²) in [7, 11) is 1.84. The van der Waals surface area contributed by atoms with Gasteiger partial charge in [-0.3, -0.25) is 9.82 Å². The van der Waals surface area contributed by atoms with Gasteiger partial charge in [0.25, 0.3) is 0 Å². The zero-order valence-corrected chi connectivity index (χ0v) is 23.8. The van der Waals surface area contributed by atoms with Gasteiger partial charge < -0.3 is 9.50 Å². The summed E-state index contributed by atoms with van der Waals surface area (Å²) in [5.74, 6) is 2.15. The minimum Gasteiger partial charge on any atom is -0.388 e. The lowest BCUT2D eigenvalue weighted by atomic mass is 9.92. The average molecular weight is 523 g/mol. The molecule has 0 saturated heterocycles. The van der Waals surface area contributed by atoms with E-state index in [0.717, 1.165) is 40.1 Å². The van der Waals surface area contributed by atoms with Crippen molar-refractivity contribution in [1.82, 2.24) is 19.8 Å². The van der Waals surface area contributed by atoms with Gasteiger partial charge in [-0.15, -0.1) is 5.10 Å². The van der Waals surface area contributed by atoms with Crippen LogP contribution in [0.2, 0.25) is 0 Å². The first-order valence-electron chi connectivity index (χ1n) is 12.9. The molecule has 4 rings (SSSR count). The van der Waals surface area contributed by atoms with Crippen molar-refractivity contribution in [2.75, 3.05) is 17.1 Å². The molecule has 8 nitrogen and oxygen atoms in total. The van der Waals surface area contributed by atoms with E-state index in [0.29, 0.717) is 23.2 Å². The molecule has 9 heteroatoms. The highest BCUT2D eigenvalue weighted by Crippen LogP contribution is 2.36. The van der Waals surface area contributed by atoms with Gasteiger partial charge in [-0.1, -0.05) is 59.2 Å². The summed E-state index contributed by atoms with van der Waals surface area (Å²) >= 11 is -1.80. The molecule has 37 heavy (non-hydrogen) atoms. The van der Waals surface area contributed by atoms with Crippen molar-refractivity contribution in [3.8, 4) is 17.1 Å². The molecule has 0 radical (unpaired) electrons. The van der Waals surface area contributed by atoms with Crippen LogP contribution in [-0.4, -0.2) is 31.1 Å². The number of aryl methyl sites for hydroxylation is 1. The Morgan fingerprint density at radius 1 is 1.00 bits per heavy atom. The third kappa shape index (κ3) is 5.82. The van der Waals surface area contributed by atoms with Crippen molar-refractivity contribution in [3.05, 3.63) is 58.8 Å². The van der Waals surface area contributed by atoms with Gasteiger partial charge in [0.15, 0.2) is 11.5 Å². The molecule has 0 aliphatic rings. The van der Waals surface area contributed by atoms with Crippen LogP contribution in [0, 0.1) is 6.92 Å². The van der Waals surface area contributed by atoms with Crippen molar-refractivity contribution in [1.29, 1.82) is 0 Å². The Hall–Kier alpha value is -3.33. The normalized spacial score (nSPS) is 13.4. The van der Waals surface area contributed by atoms with E-state index in [4.69, 9.17) is 9.17 Å². The first kappa shape index (κ1) is 26.7. The molecule has 0 bridgehead atoms. The molecule has 0 spiro atoms. The number of fused-ring (bicyclic) bond motifs is 1. The maximum absolute atomic E-state index is 13.2. The molecular weight excluding hydrogens is 484 g/mol. The Morgan fingerprint density at radius 2 is 1.65 bits per heavy atom. The summed E-state index contributed by atoms with van der Waals surface area (Å²) in [6, 6.07) is 12.0. The Morgan fingerprint density at radius 3 is 2.22 bits per heavy atom. The number of anilines is 2. The zero-order chi connectivity index (χ0) is 26.9. The first-order chi connectivity index (χ1) is 17.6. The fraction of sp³-hybridized carbons (Fsp3) is 0.429. The van der Waals surface area contributed by atoms with Crippen molar-refractivity contribution < 1.29 is 8.39 Å². The standard InChI is InChI=1S/C28H38N6O2S/c1-9-19(7)25-15-26-30-28(32-34(26)31-25)20-12-21(29-8)14-22(13-20)33-37(35)36-27-23(16(2)3)10-18(6)11-24(27)17(4)5/h10-17,19,29,31,33H,9H2,1-8H3. The molecule has 2 aromatic carbocycles. The predicted octanol–water partition coefficient (Wildman–Crippen LogP) is 6.90.